The summed E-state index contributed by atoms with van der Waals surface area (Å²) in [7, 11) is 3.18. The molecule has 4 rings (SSSR count). The number of benzene rings is 2. The molecule has 2 aromatic carbocycles. The molecule has 0 spiro atoms. The number of carbonyl (C=O) groups is 2. The normalized spacial score (nSPS) is 17.5. The Labute approximate surface area is 159 Å². The fraction of sp³-hybridized carbons (Fsp3) is 0.150. The lowest BCUT2D eigenvalue weighted by Gasteiger charge is -2.31. The highest BCUT2D eigenvalue weighted by molar-refractivity contribution is 6.00. The molecule has 1 unspecified atom stereocenters. The van der Waals surface area contributed by atoms with Crippen molar-refractivity contribution >= 4 is 34.2 Å². The number of aromatic carboxylic acids is 1. The minimum atomic E-state index is -1.55. The first kappa shape index (κ1) is 17.6. The van der Waals surface area contributed by atoms with Crippen LogP contribution in [-0.4, -0.2) is 41.0 Å². The van der Waals surface area contributed by atoms with Crippen molar-refractivity contribution in [2.45, 2.75) is 5.66 Å². The predicted octanol–water partition coefficient (Wildman–Crippen LogP) is 2.00. The van der Waals surface area contributed by atoms with Crippen molar-refractivity contribution in [1.82, 2.24) is 9.88 Å². The van der Waals surface area contributed by atoms with Gasteiger partial charge in [-0.3, -0.25) is 9.59 Å². The molecule has 0 bridgehead atoms. The lowest BCUT2D eigenvalue weighted by molar-refractivity contribution is -0.132. The Bertz CT molecular complexity index is 1180. The molecule has 1 aliphatic rings. The summed E-state index contributed by atoms with van der Waals surface area (Å²) in [6.07, 6.45) is 0. The molecule has 142 valence electrons. The lowest BCUT2D eigenvalue weighted by Crippen LogP contribution is -2.54. The van der Waals surface area contributed by atoms with E-state index in [-0.39, 0.29) is 17.0 Å². The number of H-pyrrole nitrogens is 1. The van der Waals surface area contributed by atoms with Crippen LogP contribution in [0.25, 0.3) is 10.9 Å². The Hall–Kier alpha value is -3.81. The number of pyridine rings is 1. The standard InChI is InChI=1S/C20H18N4O4/c1-24(2)19(28)20(13-9-11-5-3-4-6-14(11)21-17(13)25)22-15-8-7-12(18(26)27)10-16(15)23-20/h3-10,22-23H,1-2H3,(H,21,25)(H,26,27). The molecular weight excluding hydrogens is 360 g/mol. The van der Waals surface area contributed by atoms with Crippen LogP contribution in [-0.2, 0) is 10.5 Å². The van der Waals surface area contributed by atoms with Crippen LogP contribution in [0.2, 0.25) is 0 Å². The molecule has 0 aliphatic carbocycles. The van der Waals surface area contributed by atoms with Crippen molar-refractivity contribution in [2.75, 3.05) is 24.7 Å². The van der Waals surface area contributed by atoms with Crippen LogP contribution >= 0.6 is 0 Å². The molecule has 1 atom stereocenters. The van der Waals surface area contributed by atoms with Gasteiger partial charge in [-0.15, -0.1) is 0 Å². The third kappa shape index (κ3) is 2.58. The minimum absolute atomic E-state index is 0.0774. The monoisotopic (exact) mass is 378 g/mol. The van der Waals surface area contributed by atoms with Gasteiger partial charge in [0.15, 0.2) is 0 Å². The number of carbonyl (C=O) groups excluding carboxylic acids is 1. The number of carboxylic acids is 1. The maximum atomic E-state index is 13.2. The van der Waals surface area contributed by atoms with E-state index in [4.69, 9.17) is 0 Å². The first-order valence-corrected chi connectivity index (χ1v) is 8.60. The van der Waals surface area contributed by atoms with Crippen LogP contribution < -0.4 is 16.2 Å². The van der Waals surface area contributed by atoms with Gasteiger partial charge in [0.1, 0.15) is 0 Å². The van der Waals surface area contributed by atoms with E-state index in [9.17, 15) is 19.5 Å². The molecule has 0 radical (unpaired) electrons. The number of anilines is 2. The zero-order chi connectivity index (χ0) is 20.1. The van der Waals surface area contributed by atoms with Crippen LogP contribution in [0.4, 0.5) is 11.4 Å². The van der Waals surface area contributed by atoms with Gasteiger partial charge in [-0.1, -0.05) is 18.2 Å². The van der Waals surface area contributed by atoms with Crippen molar-refractivity contribution in [2.24, 2.45) is 0 Å². The van der Waals surface area contributed by atoms with E-state index >= 15 is 0 Å². The molecule has 4 N–H and O–H groups in total. The first-order chi connectivity index (χ1) is 13.3. The first-order valence-electron chi connectivity index (χ1n) is 8.60. The zero-order valence-corrected chi connectivity index (χ0v) is 15.2. The summed E-state index contributed by atoms with van der Waals surface area (Å²) < 4.78 is 0. The van der Waals surface area contributed by atoms with Crippen molar-refractivity contribution in [3.63, 3.8) is 0 Å². The second-order valence-electron chi connectivity index (χ2n) is 6.86. The van der Waals surface area contributed by atoms with Gasteiger partial charge in [-0.2, -0.15) is 0 Å². The largest absolute Gasteiger partial charge is 0.478 e. The molecule has 2 heterocycles. The van der Waals surface area contributed by atoms with E-state index in [1.54, 1.807) is 32.3 Å². The second-order valence-corrected chi connectivity index (χ2v) is 6.86. The van der Waals surface area contributed by atoms with Gasteiger partial charge < -0.3 is 25.6 Å². The lowest BCUT2D eigenvalue weighted by atomic mass is 9.98. The van der Waals surface area contributed by atoms with Crippen LogP contribution in [0.3, 0.4) is 0 Å². The summed E-state index contributed by atoms with van der Waals surface area (Å²) in [5, 5.41) is 16.2. The molecular formula is C20H18N4O4. The number of rotatable bonds is 3. The van der Waals surface area contributed by atoms with Crippen molar-refractivity contribution in [3.8, 4) is 0 Å². The highest BCUT2D eigenvalue weighted by atomic mass is 16.4. The SMILES string of the molecule is CN(C)C(=O)C1(c2cc3ccccc3[nH]c2=O)Nc2ccc(C(=O)O)cc2N1. The third-order valence-electron chi connectivity index (χ3n) is 4.80. The van der Waals surface area contributed by atoms with E-state index in [0.717, 1.165) is 5.39 Å². The van der Waals surface area contributed by atoms with Crippen LogP contribution in [0.15, 0.2) is 53.3 Å². The van der Waals surface area contributed by atoms with Gasteiger partial charge in [-0.05, 0) is 35.7 Å². The number of para-hydroxylation sites is 1. The Balaban J connectivity index is 1.93. The van der Waals surface area contributed by atoms with E-state index in [1.165, 1.54) is 17.0 Å². The molecule has 1 amide bonds. The van der Waals surface area contributed by atoms with Crippen molar-refractivity contribution < 1.29 is 14.7 Å². The fourth-order valence-corrected chi connectivity index (χ4v) is 3.44. The third-order valence-corrected chi connectivity index (χ3v) is 4.80. The van der Waals surface area contributed by atoms with E-state index in [2.05, 4.69) is 15.6 Å². The second kappa shape index (κ2) is 6.12. The highest BCUT2D eigenvalue weighted by Gasteiger charge is 2.48. The summed E-state index contributed by atoms with van der Waals surface area (Å²) in [5.74, 6) is -1.47. The van der Waals surface area contributed by atoms with Crippen LogP contribution in [0.1, 0.15) is 15.9 Å². The van der Waals surface area contributed by atoms with Gasteiger partial charge >= 0.3 is 5.97 Å². The number of fused-ring (bicyclic) bond motifs is 2. The molecule has 0 fully saturated rings. The van der Waals surface area contributed by atoms with Crippen LogP contribution in [0.5, 0.6) is 0 Å². The van der Waals surface area contributed by atoms with Gasteiger partial charge in [0.25, 0.3) is 11.5 Å². The van der Waals surface area contributed by atoms with E-state index in [1.807, 2.05) is 18.2 Å². The summed E-state index contributed by atoms with van der Waals surface area (Å²) in [6, 6.07) is 13.4. The molecule has 0 saturated heterocycles. The van der Waals surface area contributed by atoms with Crippen LogP contribution in [0, 0.1) is 0 Å². The number of aromatic amines is 1. The average Bonchev–Trinajstić information content (AvgIpc) is 3.06. The molecule has 3 aromatic rings. The minimum Gasteiger partial charge on any atom is -0.478 e. The maximum absolute atomic E-state index is 13.2. The Morgan fingerprint density at radius 2 is 1.71 bits per heavy atom. The number of likely N-dealkylation sites (N-methyl/N-ethyl adjacent to an activating group) is 1. The topological polar surface area (TPSA) is 115 Å². The Morgan fingerprint density at radius 1 is 1.00 bits per heavy atom. The number of amides is 1. The number of aromatic nitrogens is 1. The molecule has 1 aromatic heterocycles. The highest BCUT2D eigenvalue weighted by Crippen LogP contribution is 2.40. The smallest absolute Gasteiger partial charge is 0.335 e. The summed E-state index contributed by atoms with van der Waals surface area (Å²) in [6.45, 7) is 0. The van der Waals surface area contributed by atoms with Gasteiger partial charge in [0.05, 0.1) is 22.5 Å². The zero-order valence-electron chi connectivity index (χ0n) is 15.2. The fourth-order valence-electron chi connectivity index (χ4n) is 3.44. The van der Waals surface area contributed by atoms with Gasteiger partial charge in [0, 0.05) is 19.6 Å². The Kier molecular flexibility index (Phi) is 3.85. The quantitative estimate of drug-likeness (QED) is 0.554. The van der Waals surface area contributed by atoms with Crippen molar-refractivity contribution in [3.05, 3.63) is 70.0 Å². The maximum Gasteiger partial charge on any atom is 0.335 e. The molecule has 0 saturated carbocycles. The molecule has 1 aliphatic heterocycles. The molecule has 8 heteroatoms. The number of carboxylic acid groups (broad SMARTS) is 1. The molecule has 28 heavy (non-hydrogen) atoms. The van der Waals surface area contributed by atoms with E-state index < -0.39 is 17.2 Å². The number of nitrogens with one attached hydrogen (secondary N) is 3. The predicted molar refractivity (Wildman–Crippen MR) is 106 cm³/mol. The van der Waals surface area contributed by atoms with E-state index in [0.29, 0.717) is 16.9 Å². The summed E-state index contributed by atoms with van der Waals surface area (Å²) >= 11 is 0. The van der Waals surface area contributed by atoms with Gasteiger partial charge in [-0.25, -0.2) is 4.79 Å². The number of hydrogen-bond donors (Lipinski definition) is 4. The van der Waals surface area contributed by atoms with Gasteiger partial charge in [0.2, 0.25) is 5.66 Å². The number of nitrogens with zero attached hydrogens (tertiary/aromatic N) is 1. The average molecular weight is 378 g/mol. The summed E-state index contributed by atoms with van der Waals surface area (Å²) in [4.78, 5) is 41.5. The van der Waals surface area contributed by atoms with Crippen molar-refractivity contribution in [1.29, 1.82) is 0 Å². The summed E-state index contributed by atoms with van der Waals surface area (Å²) in [5.41, 5.74) is -0.0740. The molecule has 8 nitrogen and oxygen atoms in total. The number of hydrogen-bond acceptors (Lipinski definition) is 5. The Morgan fingerprint density at radius 3 is 2.43 bits per heavy atom.